The van der Waals surface area contributed by atoms with Crippen LogP contribution in [0.2, 0.25) is 0 Å². The molecule has 3 rings (SSSR count). The second kappa shape index (κ2) is 5.88. The summed E-state index contributed by atoms with van der Waals surface area (Å²) in [5.41, 5.74) is 1.87. The molecule has 0 saturated carbocycles. The molecular weight excluding hydrogens is 366 g/mol. The van der Waals surface area contributed by atoms with Crippen LogP contribution in [-0.2, 0) is 0 Å². The maximum absolute atomic E-state index is 10.8. The lowest BCUT2D eigenvalue weighted by atomic mass is 10.2. The van der Waals surface area contributed by atoms with Gasteiger partial charge in [0, 0.05) is 17.7 Å². The van der Waals surface area contributed by atoms with Crippen LogP contribution in [0.15, 0.2) is 34.8 Å². The lowest BCUT2D eigenvalue weighted by Gasteiger charge is -2.09. The average molecular weight is 378 g/mol. The van der Waals surface area contributed by atoms with Crippen LogP contribution in [0, 0.1) is 10.1 Å². The Bertz CT molecular complexity index is 907. The van der Waals surface area contributed by atoms with E-state index in [1.54, 1.807) is 18.2 Å². The number of non-ortho nitro benzene ring substituents is 1. The zero-order valence-corrected chi connectivity index (χ0v) is 13.6. The van der Waals surface area contributed by atoms with Gasteiger partial charge >= 0.3 is 0 Å². The minimum Gasteiger partial charge on any atom is -0.503 e. The van der Waals surface area contributed by atoms with Crippen LogP contribution in [0.3, 0.4) is 0 Å². The van der Waals surface area contributed by atoms with E-state index >= 15 is 0 Å². The summed E-state index contributed by atoms with van der Waals surface area (Å²) in [6, 6.07) is 7.79. The summed E-state index contributed by atoms with van der Waals surface area (Å²) in [6.07, 6.45) is 0. The van der Waals surface area contributed by atoms with Crippen LogP contribution in [-0.4, -0.2) is 26.6 Å². The molecule has 3 aromatic rings. The summed E-state index contributed by atoms with van der Waals surface area (Å²) < 4.78 is 5.87. The molecule has 118 valence electrons. The van der Waals surface area contributed by atoms with Crippen molar-refractivity contribution >= 4 is 32.7 Å². The van der Waals surface area contributed by atoms with Crippen LogP contribution < -0.4 is 4.74 Å². The average Bonchev–Trinajstić information content (AvgIpc) is 2.94. The number of hydrogen-bond donors (Lipinski definition) is 2. The fourth-order valence-corrected chi connectivity index (χ4v) is 2.67. The summed E-state index contributed by atoms with van der Waals surface area (Å²) in [5, 5.41) is 20.8. The van der Waals surface area contributed by atoms with Crippen LogP contribution in [0.1, 0.15) is 6.92 Å². The predicted octanol–water partition coefficient (Wildman–Crippen LogP) is 4.00. The van der Waals surface area contributed by atoms with Crippen molar-refractivity contribution in [1.82, 2.24) is 9.97 Å². The first kappa shape index (κ1) is 15.3. The smallest absolute Gasteiger partial charge is 0.271 e. The van der Waals surface area contributed by atoms with E-state index in [2.05, 4.69) is 25.9 Å². The third kappa shape index (κ3) is 2.85. The highest BCUT2D eigenvalue weighted by Crippen LogP contribution is 2.38. The summed E-state index contributed by atoms with van der Waals surface area (Å²) in [5.74, 6) is 0.882. The molecule has 2 N–H and O–H groups in total. The van der Waals surface area contributed by atoms with E-state index in [0.29, 0.717) is 39.3 Å². The Balaban J connectivity index is 2.11. The van der Waals surface area contributed by atoms with Crippen molar-refractivity contribution in [1.29, 1.82) is 0 Å². The molecule has 0 spiro atoms. The van der Waals surface area contributed by atoms with E-state index < -0.39 is 4.92 Å². The van der Waals surface area contributed by atoms with E-state index in [0.717, 1.165) is 0 Å². The van der Waals surface area contributed by atoms with Gasteiger partial charge in [-0.1, -0.05) is 0 Å². The number of imidazole rings is 1. The molecule has 1 aromatic heterocycles. The number of halogens is 1. The van der Waals surface area contributed by atoms with Crippen LogP contribution in [0.4, 0.5) is 5.69 Å². The Morgan fingerprint density at radius 1 is 1.39 bits per heavy atom. The zero-order valence-electron chi connectivity index (χ0n) is 12.0. The first-order valence-corrected chi connectivity index (χ1v) is 7.58. The van der Waals surface area contributed by atoms with Crippen LogP contribution >= 0.6 is 15.9 Å². The SMILES string of the molecule is CCOc1cc(-c2nc3ccc([N+](=O)[O-])cc3[nH]2)cc(Br)c1O. The number of rotatable bonds is 4. The number of nitro benzene ring substituents is 1. The number of phenolic OH excluding ortho intramolecular Hbond substituents is 1. The largest absolute Gasteiger partial charge is 0.503 e. The molecule has 0 fully saturated rings. The highest BCUT2D eigenvalue weighted by Gasteiger charge is 2.14. The number of phenols is 1. The molecule has 0 saturated heterocycles. The summed E-state index contributed by atoms with van der Waals surface area (Å²) in [6.45, 7) is 2.23. The van der Waals surface area contributed by atoms with Gasteiger partial charge in [0.25, 0.3) is 5.69 Å². The van der Waals surface area contributed by atoms with Crippen LogP contribution in [0.5, 0.6) is 11.5 Å². The van der Waals surface area contributed by atoms with Crippen molar-refractivity contribution in [3.05, 3.63) is 44.9 Å². The molecule has 7 nitrogen and oxygen atoms in total. The van der Waals surface area contributed by atoms with Crippen LogP contribution in [0.25, 0.3) is 22.4 Å². The van der Waals surface area contributed by atoms with Gasteiger partial charge in [-0.05, 0) is 41.1 Å². The number of nitro groups is 1. The Morgan fingerprint density at radius 2 is 2.17 bits per heavy atom. The number of nitrogens with one attached hydrogen (secondary N) is 1. The molecule has 0 amide bonds. The van der Waals surface area contributed by atoms with Crippen molar-refractivity contribution in [3.8, 4) is 22.9 Å². The Morgan fingerprint density at radius 3 is 2.87 bits per heavy atom. The van der Waals surface area contributed by atoms with Crippen molar-refractivity contribution < 1.29 is 14.8 Å². The lowest BCUT2D eigenvalue weighted by molar-refractivity contribution is -0.384. The number of benzene rings is 2. The van der Waals surface area contributed by atoms with Gasteiger partial charge in [0.1, 0.15) is 5.82 Å². The van der Waals surface area contributed by atoms with E-state index in [9.17, 15) is 15.2 Å². The van der Waals surface area contributed by atoms with Gasteiger partial charge in [0.2, 0.25) is 0 Å². The third-order valence-electron chi connectivity index (χ3n) is 3.28. The van der Waals surface area contributed by atoms with Crippen molar-refractivity contribution in [2.24, 2.45) is 0 Å². The van der Waals surface area contributed by atoms with Gasteiger partial charge in [-0.3, -0.25) is 10.1 Å². The Kier molecular flexibility index (Phi) is 3.91. The molecule has 0 bridgehead atoms. The van der Waals surface area contributed by atoms with Gasteiger partial charge in [-0.25, -0.2) is 4.98 Å². The number of nitrogens with zero attached hydrogens (tertiary/aromatic N) is 2. The number of H-pyrrole nitrogens is 1. The minimum absolute atomic E-state index is 0.00501. The molecule has 0 aliphatic rings. The molecule has 2 aromatic carbocycles. The number of hydrogen-bond acceptors (Lipinski definition) is 5. The minimum atomic E-state index is -0.454. The van der Waals surface area contributed by atoms with Gasteiger partial charge in [-0.15, -0.1) is 0 Å². The number of aromatic amines is 1. The van der Waals surface area contributed by atoms with Gasteiger partial charge < -0.3 is 14.8 Å². The molecule has 8 heteroatoms. The van der Waals surface area contributed by atoms with Crippen molar-refractivity contribution in [2.45, 2.75) is 6.92 Å². The Hall–Kier alpha value is -2.61. The van der Waals surface area contributed by atoms with Gasteiger partial charge in [0.15, 0.2) is 11.5 Å². The van der Waals surface area contributed by atoms with E-state index in [-0.39, 0.29) is 11.4 Å². The fraction of sp³-hybridized carbons (Fsp3) is 0.133. The second-order valence-corrected chi connectivity index (χ2v) is 5.64. The topological polar surface area (TPSA) is 101 Å². The van der Waals surface area contributed by atoms with E-state index in [1.807, 2.05) is 6.92 Å². The fourth-order valence-electron chi connectivity index (χ4n) is 2.22. The molecule has 0 aliphatic heterocycles. The van der Waals surface area contributed by atoms with E-state index in [1.165, 1.54) is 12.1 Å². The highest BCUT2D eigenvalue weighted by atomic mass is 79.9. The molecule has 1 heterocycles. The number of aromatic hydroxyl groups is 1. The molecule has 0 unspecified atom stereocenters. The van der Waals surface area contributed by atoms with Gasteiger partial charge in [0.05, 0.1) is 27.0 Å². The lowest BCUT2D eigenvalue weighted by Crippen LogP contribution is -1.93. The quantitative estimate of drug-likeness (QED) is 0.528. The number of ether oxygens (including phenoxy) is 1. The van der Waals surface area contributed by atoms with Crippen molar-refractivity contribution in [3.63, 3.8) is 0 Å². The standard InChI is InChI=1S/C15H12BrN3O4/c1-2-23-13-6-8(5-10(16)14(13)20)15-17-11-4-3-9(19(21)22)7-12(11)18-15/h3-7,20H,2H2,1H3,(H,17,18). The first-order chi connectivity index (χ1) is 11.0. The molecule has 0 radical (unpaired) electrons. The number of aromatic nitrogens is 2. The normalized spacial score (nSPS) is 10.9. The van der Waals surface area contributed by atoms with E-state index in [4.69, 9.17) is 4.74 Å². The zero-order chi connectivity index (χ0) is 16.6. The predicted molar refractivity (Wildman–Crippen MR) is 88.7 cm³/mol. The molecule has 0 atom stereocenters. The first-order valence-electron chi connectivity index (χ1n) is 6.79. The van der Waals surface area contributed by atoms with Crippen molar-refractivity contribution in [2.75, 3.05) is 6.61 Å². The molecule has 23 heavy (non-hydrogen) atoms. The summed E-state index contributed by atoms with van der Waals surface area (Å²) in [7, 11) is 0. The number of fused-ring (bicyclic) bond motifs is 1. The highest BCUT2D eigenvalue weighted by molar-refractivity contribution is 9.10. The monoisotopic (exact) mass is 377 g/mol. The second-order valence-electron chi connectivity index (χ2n) is 4.78. The third-order valence-corrected chi connectivity index (χ3v) is 3.88. The summed E-state index contributed by atoms with van der Waals surface area (Å²) >= 11 is 3.28. The Labute approximate surface area is 139 Å². The van der Waals surface area contributed by atoms with Gasteiger partial charge in [-0.2, -0.15) is 0 Å². The molecule has 0 aliphatic carbocycles. The molecular formula is C15H12BrN3O4. The summed E-state index contributed by atoms with van der Waals surface area (Å²) in [4.78, 5) is 17.9. The maximum atomic E-state index is 10.8. The maximum Gasteiger partial charge on any atom is 0.271 e.